The molecule has 0 fully saturated rings. The summed E-state index contributed by atoms with van der Waals surface area (Å²) < 4.78 is 12.2. The van der Waals surface area contributed by atoms with E-state index in [-0.39, 0.29) is 34.2 Å². The molecule has 0 rings (SSSR count). The molecule has 5 nitrogen and oxygen atoms in total. The van der Waals surface area contributed by atoms with Crippen LogP contribution in [0.3, 0.4) is 0 Å². The van der Waals surface area contributed by atoms with Crippen molar-refractivity contribution in [2.24, 2.45) is 5.41 Å². The molecule has 0 aromatic heterocycles. The molecule has 0 aliphatic carbocycles. The maximum atomic E-state index is 13.6. The van der Waals surface area contributed by atoms with Crippen LogP contribution in [0.5, 0.6) is 0 Å². The van der Waals surface area contributed by atoms with E-state index in [2.05, 4.69) is 79.9 Å². The van der Waals surface area contributed by atoms with Gasteiger partial charge in [-0.1, -0.05) is 227 Å². The first-order chi connectivity index (χ1) is 28.1. The molecule has 59 heavy (non-hydrogen) atoms. The third kappa shape index (κ3) is 37.5. The SMILES string of the molecule is CCCCCCCCCCCCCCCCCC(CCCCCCCCCCCCCCCCC)NC(=O)NC(C)(C)CC(C)(C)CC(C)(CC)OCCC(C)(C)OC. The molecule has 1 atom stereocenters. The van der Waals surface area contributed by atoms with E-state index in [0.29, 0.717) is 6.61 Å². The topological polar surface area (TPSA) is 59.6 Å². The average molecular weight is 835 g/mol. The van der Waals surface area contributed by atoms with Crippen molar-refractivity contribution >= 4 is 6.03 Å². The van der Waals surface area contributed by atoms with Gasteiger partial charge >= 0.3 is 6.03 Å². The first-order valence-electron chi connectivity index (χ1n) is 26.4. The minimum absolute atomic E-state index is 0.000509. The fourth-order valence-corrected chi connectivity index (χ4v) is 9.58. The van der Waals surface area contributed by atoms with E-state index in [9.17, 15) is 4.79 Å². The van der Waals surface area contributed by atoms with Gasteiger partial charge in [0.2, 0.25) is 0 Å². The van der Waals surface area contributed by atoms with E-state index in [4.69, 9.17) is 9.47 Å². The predicted molar refractivity (Wildman–Crippen MR) is 262 cm³/mol. The highest BCUT2D eigenvalue weighted by atomic mass is 16.5. The third-order valence-corrected chi connectivity index (χ3v) is 13.3. The largest absolute Gasteiger partial charge is 0.379 e. The third-order valence-electron chi connectivity index (χ3n) is 13.3. The molecule has 0 saturated heterocycles. The van der Waals surface area contributed by atoms with Crippen LogP contribution in [-0.4, -0.2) is 42.5 Å². The number of ether oxygens (including phenoxy) is 2. The quantitative estimate of drug-likeness (QED) is 0.0601. The van der Waals surface area contributed by atoms with Crippen LogP contribution in [0.4, 0.5) is 4.79 Å². The van der Waals surface area contributed by atoms with Crippen molar-refractivity contribution in [2.45, 2.75) is 323 Å². The molecule has 1 unspecified atom stereocenters. The number of rotatable bonds is 44. The first-order valence-corrected chi connectivity index (χ1v) is 26.4. The molecule has 0 saturated carbocycles. The monoisotopic (exact) mass is 835 g/mol. The maximum absolute atomic E-state index is 13.6. The van der Waals surface area contributed by atoms with Gasteiger partial charge in [-0.3, -0.25) is 0 Å². The van der Waals surface area contributed by atoms with E-state index in [1.165, 1.54) is 193 Å². The molecule has 0 aliphatic heterocycles. The lowest BCUT2D eigenvalue weighted by atomic mass is 9.72. The molecule has 0 aliphatic rings. The van der Waals surface area contributed by atoms with Crippen LogP contribution in [0.1, 0.15) is 300 Å². The number of hydrogen-bond acceptors (Lipinski definition) is 3. The molecule has 2 N–H and O–H groups in total. The van der Waals surface area contributed by atoms with E-state index in [1.807, 2.05) is 0 Å². The van der Waals surface area contributed by atoms with Crippen LogP contribution < -0.4 is 10.6 Å². The molecule has 0 aromatic carbocycles. The average Bonchev–Trinajstić information content (AvgIpc) is 3.16. The molecule has 0 spiro atoms. The first kappa shape index (κ1) is 58.2. The fourth-order valence-electron chi connectivity index (χ4n) is 9.58. The van der Waals surface area contributed by atoms with Crippen molar-refractivity contribution < 1.29 is 14.3 Å². The van der Waals surface area contributed by atoms with E-state index in [0.717, 1.165) is 38.5 Å². The van der Waals surface area contributed by atoms with Crippen molar-refractivity contribution in [2.75, 3.05) is 13.7 Å². The van der Waals surface area contributed by atoms with Gasteiger partial charge in [-0.2, -0.15) is 0 Å². The molecule has 5 heteroatoms. The Kier molecular flexibility index (Phi) is 36.1. The van der Waals surface area contributed by atoms with Crippen molar-refractivity contribution in [1.29, 1.82) is 0 Å². The Balaban J connectivity index is 4.79. The van der Waals surface area contributed by atoms with Crippen LogP contribution in [0.2, 0.25) is 0 Å². The summed E-state index contributed by atoms with van der Waals surface area (Å²) in [6, 6.07) is 0.268. The number of methoxy groups -OCH3 is 1. The smallest absolute Gasteiger partial charge is 0.315 e. The number of urea groups is 1. The fraction of sp³-hybridized carbons (Fsp3) is 0.981. The second-order valence-corrected chi connectivity index (χ2v) is 21.5. The predicted octanol–water partition coefficient (Wildman–Crippen LogP) is 17.8. The summed E-state index contributed by atoms with van der Waals surface area (Å²) in [5, 5.41) is 6.90. The molecule has 0 radical (unpaired) electrons. The number of unbranched alkanes of at least 4 members (excludes halogenated alkanes) is 28. The maximum Gasteiger partial charge on any atom is 0.315 e. The Morgan fingerprint density at radius 3 is 1.15 bits per heavy atom. The molecule has 0 heterocycles. The van der Waals surface area contributed by atoms with E-state index < -0.39 is 0 Å². The van der Waals surface area contributed by atoms with Gasteiger partial charge in [0.05, 0.1) is 17.8 Å². The van der Waals surface area contributed by atoms with Gasteiger partial charge < -0.3 is 20.1 Å². The molecule has 0 aromatic rings. The minimum atomic E-state index is -0.325. The summed E-state index contributed by atoms with van der Waals surface area (Å²) in [6.45, 7) is 23.1. The second-order valence-electron chi connectivity index (χ2n) is 21.5. The van der Waals surface area contributed by atoms with Gasteiger partial charge in [-0.05, 0) is 78.6 Å². The Labute approximate surface area is 372 Å². The Morgan fingerprint density at radius 1 is 0.492 bits per heavy atom. The van der Waals surface area contributed by atoms with Crippen LogP contribution in [-0.2, 0) is 9.47 Å². The van der Waals surface area contributed by atoms with Crippen molar-refractivity contribution in [3.05, 3.63) is 0 Å². The normalized spacial score (nSPS) is 13.6. The van der Waals surface area contributed by atoms with Crippen LogP contribution in [0.25, 0.3) is 0 Å². The summed E-state index contributed by atoms with van der Waals surface area (Å²) >= 11 is 0. The van der Waals surface area contributed by atoms with Gasteiger partial charge in [-0.15, -0.1) is 0 Å². The van der Waals surface area contributed by atoms with Gasteiger partial charge in [0.25, 0.3) is 0 Å². The zero-order valence-corrected chi connectivity index (χ0v) is 42.5. The van der Waals surface area contributed by atoms with Crippen molar-refractivity contribution in [3.8, 4) is 0 Å². The molecule has 354 valence electrons. The summed E-state index contributed by atoms with van der Waals surface area (Å²) in [6.07, 6.45) is 47.4. The Hall–Kier alpha value is -0.810. The van der Waals surface area contributed by atoms with Gasteiger partial charge in [0.15, 0.2) is 0 Å². The Bertz CT molecular complexity index is 899. The lowest BCUT2D eigenvalue weighted by Gasteiger charge is -2.42. The Morgan fingerprint density at radius 2 is 0.831 bits per heavy atom. The second kappa shape index (κ2) is 36.7. The molecule has 2 amide bonds. The van der Waals surface area contributed by atoms with Crippen LogP contribution >= 0.6 is 0 Å². The molecular weight excluding hydrogens is 725 g/mol. The number of amides is 2. The molecular formula is C54H110N2O3. The standard InChI is InChI=1S/C54H110N2O3/c1-12-15-17-19-21-23-25-27-29-31-33-35-37-39-41-43-49(44-42-40-38-36-34-32-30-28-26-24-22-20-18-16-13-2)55-50(57)56-52(6,7)47-51(4,5)48-54(10,14-3)59-46-45-53(8,9)58-11/h49H,12-48H2,1-11H3,(H2,55,56,57). The number of hydrogen-bond donors (Lipinski definition) is 2. The minimum Gasteiger partial charge on any atom is -0.379 e. The van der Waals surface area contributed by atoms with Crippen LogP contribution in [0, 0.1) is 5.41 Å². The highest BCUT2D eigenvalue weighted by molar-refractivity contribution is 5.75. The highest BCUT2D eigenvalue weighted by Gasteiger charge is 2.37. The van der Waals surface area contributed by atoms with E-state index in [1.54, 1.807) is 7.11 Å². The lowest BCUT2D eigenvalue weighted by Crippen LogP contribution is -2.53. The van der Waals surface area contributed by atoms with Gasteiger partial charge in [0, 0.05) is 18.7 Å². The van der Waals surface area contributed by atoms with E-state index >= 15 is 0 Å². The zero-order valence-electron chi connectivity index (χ0n) is 42.5. The number of carbonyl (C=O) groups excluding carboxylic acids is 1. The molecule has 0 bridgehead atoms. The summed E-state index contributed by atoms with van der Waals surface area (Å²) in [4.78, 5) is 13.6. The van der Waals surface area contributed by atoms with Crippen molar-refractivity contribution in [3.63, 3.8) is 0 Å². The van der Waals surface area contributed by atoms with Gasteiger partial charge in [-0.25, -0.2) is 4.79 Å². The number of nitrogens with one attached hydrogen (secondary N) is 2. The summed E-state index contributed by atoms with van der Waals surface area (Å²) in [5.74, 6) is 0. The summed E-state index contributed by atoms with van der Waals surface area (Å²) in [7, 11) is 1.78. The number of carbonyl (C=O) groups is 1. The zero-order chi connectivity index (χ0) is 44.1. The van der Waals surface area contributed by atoms with Crippen molar-refractivity contribution in [1.82, 2.24) is 10.6 Å². The highest BCUT2D eigenvalue weighted by Crippen LogP contribution is 2.39. The summed E-state index contributed by atoms with van der Waals surface area (Å²) in [5.41, 5.74) is -0.718. The van der Waals surface area contributed by atoms with Gasteiger partial charge in [0.1, 0.15) is 0 Å². The van der Waals surface area contributed by atoms with Crippen LogP contribution in [0.15, 0.2) is 0 Å². The lowest BCUT2D eigenvalue weighted by molar-refractivity contribution is -0.0878.